The highest BCUT2D eigenvalue weighted by atomic mass is 15.1. The molecule has 0 fully saturated rings. The van der Waals surface area contributed by atoms with Crippen LogP contribution in [-0.2, 0) is 5.41 Å². The van der Waals surface area contributed by atoms with Gasteiger partial charge in [-0.05, 0) is 133 Å². The summed E-state index contributed by atoms with van der Waals surface area (Å²) >= 11 is 0. The standard InChI is InChI=1S/C73H50N2/c1-5-20-51(21-6-1)55-22-17-23-56(48-55)54-42-45-62(46-43-54)74(61-29-11-4-12-30-61)63-31-18-24-57(49-63)52-38-40-53(41-39-52)58-44-47-65-64-32-14-16-36-69(64)75(71(65)50-58)70-37-19-35-68-72(70)66-33-13-15-34-67(66)73(68,59-25-7-2-8-26-59)60-27-9-3-10-28-60/h1-50H. The first-order chi connectivity index (χ1) is 37.2. The van der Waals surface area contributed by atoms with E-state index in [1.807, 2.05) is 0 Å². The van der Waals surface area contributed by atoms with E-state index in [1.165, 1.54) is 94.3 Å². The van der Waals surface area contributed by atoms with Gasteiger partial charge >= 0.3 is 0 Å². The Labute approximate surface area is 438 Å². The third kappa shape index (κ3) is 7.41. The fraction of sp³-hybridized carbons (Fsp3) is 0.0137. The molecule has 12 aromatic carbocycles. The summed E-state index contributed by atoms with van der Waals surface area (Å²) in [5.74, 6) is 0. The van der Waals surface area contributed by atoms with E-state index < -0.39 is 5.41 Å². The summed E-state index contributed by atoms with van der Waals surface area (Å²) in [7, 11) is 0. The molecule has 0 N–H and O–H groups in total. The Hall–Kier alpha value is -9.76. The van der Waals surface area contributed by atoms with Crippen LogP contribution in [0.4, 0.5) is 17.1 Å². The number of benzene rings is 12. The number of anilines is 3. The third-order valence-electron chi connectivity index (χ3n) is 15.5. The van der Waals surface area contributed by atoms with Crippen LogP contribution in [0.25, 0.3) is 83.1 Å². The van der Waals surface area contributed by atoms with Crippen molar-refractivity contribution in [1.82, 2.24) is 4.57 Å². The highest BCUT2D eigenvalue weighted by Gasteiger charge is 2.47. The predicted molar refractivity (Wildman–Crippen MR) is 315 cm³/mol. The van der Waals surface area contributed by atoms with Gasteiger partial charge in [0.1, 0.15) is 0 Å². The summed E-state index contributed by atoms with van der Waals surface area (Å²) in [4.78, 5) is 2.35. The van der Waals surface area contributed by atoms with Gasteiger partial charge in [0.25, 0.3) is 0 Å². The fourth-order valence-corrected chi connectivity index (χ4v) is 12.1. The number of fused-ring (bicyclic) bond motifs is 6. The van der Waals surface area contributed by atoms with E-state index in [-0.39, 0.29) is 0 Å². The molecule has 2 nitrogen and oxygen atoms in total. The van der Waals surface area contributed by atoms with Crippen molar-refractivity contribution >= 4 is 38.9 Å². The van der Waals surface area contributed by atoms with Gasteiger partial charge in [-0.3, -0.25) is 0 Å². The zero-order valence-electron chi connectivity index (χ0n) is 41.3. The highest BCUT2D eigenvalue weighted by Crippen LogP contribution is 2.58. The lowest BCUT2D eigenvalue weighted by atomic mass is 9.68. The number of aromatic nitrogens is 1. The monoisotopic (exact) mass is 954 g/mol. The van der Waals surface area contributed by atoms with Crippen LogP contribution in [0.5, 0.6) is 0 Å². The van der Waals surface area contributed by atoms with Gasteiger partial charge in [-0.1, -0.05) is 243 Å². The summed E-state index contributed by atoms with van der Waals surface area (Å²) in [6.45, 7) is 0. The van der Waals surface area contributed by atoms with E-state index in [1.54, 1.807) is 0 Å². The smallest absolute Gasteiger partial charge is 0.0714 e. The van der Waals surface area contributed by atoms with Gasteiger partial charge in [0, 0.05) is 33.4 Å². The maximum Gasteiger partial charge on any atom is 0.0714 e. The van der Waals surface area contributed by atoms with Crippen LogP contribution in [-0.4, -0.2) is 4.57 Å². The van der Waals surface area contributed by atoms with E-state index in [9.17, 15) is 0 Å². The molecule has 1 heterocycles. The van der Waals surface area contributed by atoms with E-state index in [0.29, 0.717) is 0 Å². The maximum atomic E-state index is 2.52. The van der Waals surface area contributed by atoms with Crippen molar-refractivity contribution in [3.8, 4) is 61.3 Å². The second kappa shape index (κ2) is 18.4. The normalized spacial score (nSPS) is 12.4. The second-order valence-corrected chi connectivity index (χ2v) is 19.6. The molecule has 2 heteroatoms. The average molecular weight is 955 g/mol. The molecule has 0 atom stereocenters. The Morgan fingerprint density at radius 2 is 0.707 bits per heavy atom. The SMILES string of the molecule is c1ccc(-c2cccc(-c3ccc(N(c4ccccc4)c4cccc(-c5ccc(-c6ccc7c8ccccc8n(-c8cccc9c8-c8ccccc8C9(c8ccccc8)c8ccccc8)c7c6)cc5)c4)cc3)c2)cc1. The van der Waals surface area contributed by atoms with Gasteiger partial charge < -0.3 is 9.47 Å². The summed E-state index contributed by atoms with van der Waals surface area (Å²) in [5, 5.41) is 2.48. The van der Waals surface area contributed by atoms with Crippen molar-refractivity contribution < 1.29 is 0 Å². The van der Waals surface area contributed by atoms with Crippen LogP contribution >= 0.6 is 0 Å². The topological polar surface area (TPSA) is 8.17 Å². The van der Waals surface area contributed by atoms with Crippen molar-refractivity contribution in [2.24, 2.45) is 0 Å². The number of para-hydroxylation sites is 2. The van der Waals surface area contributed by atoms with Gasteiger partial charge in [-0.25, -0.2) is 0 Å². The van der Waals surface area contributed by atoms with Gasteiger partial charge in [0.05, 0.1) is 22.1 Å². The number of hydrogen-bond acceptors (Lipinski definition) is 1. The molecule has 0 unspecified atom stereocenters. The van der Waals surface area contributed by atoms with Gasteiger partial charge in [-0.2, -0.15) is 0 Å². The molecule has 75 heavy (non-hydrogen) atoms. The van der Waals surface area contributed by atoms with E-state index in [2.05, 4.69) is 313 Å². The lowest BCUT2D eigenvalue weighted by molar-refractivity contribution is 0.768. The molecule has 0 radical (unpaired) electrons. The zero-order chi connectivity index (χ0) is 49.7. The average Bonchev–Trinajstić information content (AvgIpc) is 4.01. The summed E-state index contributed by atoms with van der Waals surface area (Å²) in [6, 6.07) is 111. The van der Waals surface area contributed by atoms with Gasteiger partial charge in [0.15, 0.2) is 0 Å². The first-order valence-electron chi connectivity index (χ1n) is 25.9. The molecule has 1 aliphatic carbocycles. The summed E-state index contributed by atoms with van der Waals surface area (Å²) in [5.41, 5.74) is 23.5. The number of hydrogen-bond donors (Lipinski definition) is 0. The van der Waals surface area contributed by atoms with Crippen molar-refractivity contribution in [3.05, 3.63) is 326 Å². The Balaban J connectivity index is 0.833. The molecule has 14 rings (SSSR count). The molecule has 1 aliphatic rings. The zero-order valence-corrected chi connectivity index (χ0v) is 41.3. The van der Waals surface area contributed by atoms with Gasteiger partial charge in [-0.15, -0.1) is 0 Å². The molecule has 13 aromatic rings. The Morgan fingerprint density at radius 3 is 1.39 bits per heavy atom. The van der Waals surface area contributed by atoms with E-state index in [0.717, 1.165) is 28.2 Å². The molecule has 0 saturated carbocycles. The molecule has 352 valence electrons. The molecular weight excluding hydrogens is 905 g/mol. The minimum atomic E-state index is -0.488. The molecule has 0 bridgehead atoms. The van der Waals surface area contributed by atoms with Crippen LogP contribution in [0.3, 0.4) is 0 Å². The molecular formula is C73H50N2. The van der Waals surface area contributed by atoms with E-state index in [4.69, 9.17) is 0 Å². The van der Waals surface area contributed by atoms with Crippen LogP contribution < -0.4 is 4.90 Å². The maximum absolute atomic E-state index is 2.52. The minimum Gasteiger partial charge on any atom is -0.310 e. The van der Waals surface area contributed by atoms with Crippen molar-refractivity contribution in [3.63, 3.8) is 0 Å². The fourth-order valence-electron chi connectivity index (χ4n) is 12.1. The number of nitrogens with zero attached hydrogens (tertiary/aromatic N) is 2. The predicted octanol–water partition coefficient (Wildman–Crippen LogP) is 19.3. The van der Waals surface area contributed by atoms with Crippen molar-refractivity contribution in [2.75, 3.05) is 4.90 Å². The number of rotatable bonds is 10. The first kappa shape index (κ1) is 44.0. The lowest BCUT2D eigenvalue weighted by Crippen LogP contribution is -2.28. The third-order valence-corrected chi connectivity index (χ3v) is 15.5. The first-order valence-corrected chi connectivity index (χ1v) is 25.9. The van der Waals surface area contributed by atoms with E-state index >= 15 is 0 Å². The second-order valence-electron chi connectivity index (χ2n) is 19.6. The largest absolute Gasteiger partial charge is 0.310 e. The Morgan fingerprint density at radius 1 is 0.267 bits per heavy atom. The van der Waals surface area contributed by atoms with Crippen molar-refractivity contribution in [2.45, 2.75) is 5.41 Å². The van der Waals surface area contributed by atoms with Crippen LogP contribution in [0.1, 0.15) is 22.3 Å². The summed E-state index contributed by atoms with van der Waals surface area (Å²) in [6.07, 6.45) is 0. The summed E-state index contributed by atoms with van der Waals surface area (Å²) < 4.78 is 2.52. The van der Waals surface area contributed by atoms with Crippen LogP contribution in [0.2, 0.25) is 0 Å². The minimum absolute atomic E-state index is 0.488. The Bertz CT molecular complexity index is 4160. The Kier molecular flexibility index (Phi) is 10.8. The van der Waals surface area contributed by atoms with Crippen LogP contribution in [0.15, 0.2) is 303 Å². The highest BCUT2D eigenvalue weighted by molar-refractivity contribution is 6.11. The molecule has 0 amide bonds. The van der Waals surface area contributed by atoms with Crippen molar-refractivity contribution in [1.29, 1.82) is 0 Å². The quantitative estimate of drug-likeness (QED) is 0.133. The molecule has 0 saturated heterocycles. The lowest BCUT2D eigenvalue weighted by Gasteiger charge is -2.34. The van der Waals surface area contributed by atoms with Crippen LogP contribution in [0, 0.1) is 0 Å². The van der Waals surface area contributed by atoms with Gasteiger partial charge in [0.2, 0.25) is 0 Å². The molecule has 1 aromatic heterocycles. The molecule has 0 spiro atoms. The molecule has 0 aliphatic heterocycles.